The van der Waals surface area contributed by atoms with Crippen LogP contribution in [0, 0.1) is 0 Å². The molecule has 0 aliphatic heterocycles. The molecule has 1 rings (SSSR count). The first-order valence-electron chi connectivity index (χ1n) is 3.96. The second-order valence-corrected chi connectivity index (χ2v) is 3.00. The summed E-state index contributed by atoms with van der Waals surface area (Å²) in [6.45, 7) is 0. The fourth-order valence-corrected chi connectivity index (χ4v) is 1.17. The number of thiocarbonyl (C=S) groups is 1. The van der Waals surface area contributed by atoms with Gasteiger partial charge >= 0.3 is 0 Å². The van der Waals surface area contributed by atoms with E-state index in [0.29, 0.717) is 11.5 Å². The van der Waals surface area contributed by atoms with Gasteiger partial charge in [0.05, 0.1) is 14.2 Å². The lowest BCUT2D eigenvalue weighted by Gasteiger charge is -2.09. The van der Waals surface area contributed by atoms with Gasteiger partial charge in [-0.15, -0.1) is 12.4 Å². The number of anilines is 1. The molecular weight excluding hydrogens is 236 g/mol. The van der Waals surface area contributed by atoms with E-state index in [1.165, 1.54) is 0 Å². The van der Waals surface area contributed by atoms with Crippen molar-refractivity contribution in [2.45, 2.75) is 0 Å². The van der Waals surface area contributed by atoms with Gasteiger partial charge in [-0.25, -0.2) is 0 Å². The minimum absolute atomic E-state index is 0. The van der Waals surface area contributed by atoms with E-state index >= 15 is 0 Å². The van der Waals surface area contributed by atoms with E-state index in [-0.39, 0.29) is 17.5 Å². The number of rotatable bonds is 3. The number of nitrogens with one attached hydrogen (secondary N) is 1. The van der Waals surface area contributed by atoms with E-state index in [1.54, 1.807) is 32.4 Å². The molecule has 0 saturated heterocycles. The van der Waals surface area contributed by atoms with Crippen molar-refractivity contribution in [3.8, 4) is 11.5 Å². The van der Waals surface area contributed by atoms with Gasteiger partial charge in [0, 0.05) is 11.8 Å². The standard InChI is InChI=1S/C9H12N2O2S.ClH/c1-12-7-4-3-6(11-9(10)14)5-8(7)13-2;/h3-5H,1-2H3,(H3,10,11,14);1H. The zero-order valence-corrected chi connectivity index (χ0v) is 10.1. The third-order valence-electron chi connectivity index (χ3n) is 1.65. The molecule has 0 fully saturated rings. The lowest BCUT2D eigenvalue weighted by Crippen LogP contribution is -2.18. The van der Waals surface area contributed by atoms with Gasteiger partial charge in [0.15, 0.2) is 16.6 Å². The van der Waals surface area contributed by atoms with Gasteiger partial charge < -0.3 is 20.5 Å². The number of ether oxygens (including phenoxy) is 2. The van der Waals surface area contributed by atoms with Crippen molar-refractivity contribution in [1.29, 1.82) is 0 Å². The zero-order chi connectivity index (χ0) is 10.6. The van der Waals surface area contributed by atoms with Crippen LogP contribution in [-0.2, 0) is 0 Å². The topological polar surface area (TPSA) is 56.5 Å². The van der Waals surface area contributed by atoms with Crippen molar-refractivity contribution >= 4 is 35.4 Å². The first-order valence-corrected chi connectivity index (χ1v) is 4.36. The molecule has 0 aliphatic carbocycles. The van der Waals surface area contributed by atoms with Crippen molar-refractivity contribution < 1.29 is 9.47 Å². The Kier molecular flexibility index (Phi) is 5.81. The van der Waals surface area contributed by atoms with Crippen molar-refractivity contribution in [2.24, 2.45) is 5.73 Å². The van der Waals surface area contributed by atoms with Crippen LogP contribution >= 0.6 is 24.6 Å². The average molecular weight is 249 g/mol. The lowest BCUT2D eigenvalue weighted by atomic mass is 10.3. The molecule has 0 spiro atoms. The van der Waals surface area contributed by atoms with Gasteiger partial charge in [0.1, 0.15) is 0 Å². The maximum Gasteiger partial charge on any atom is 0.168 e. The predicted molar refractivity (Wildman–Crippen MR) is 67.2 cm³/mol. The zero-order valence-electron chi connectivity index (χ0n) is 8.44. The smallest absolute Gasteiger partial charge is 0.168 e. The second-order valence-electron chi connectivity index (χ2n) is 2.56. The van der Waals surface area contributed by atoms with Crippen LogP contribution in [0.5, 0.6) is 11.5 Å². The first kappa shape index (κ1) is 13.8. The molecule has 3 N–H and O–H groups in total. The molecule has 0 saturated carbocycles. The van der Waals surface area contributed by atoms with Crippen molar-refractivity contribution in [3.05, 3.63) is 18.2 Å². The van der Waals surface area contributed by atoms with E-state index in [9.17, 15) is 0 Å². The van der Waals surface area contributed by atoms with Crippen molar-refractivity contribution in [3.63, 3.8) is 0 Å². The maximum atomic E-state index is 5.33. The van der Waals surface area contributed by atoms with E-state index in [4.69, 9.17) is 27.4 Å². The number of halogens is 1. The Morgan fingerprint density at radius 1 is 1.27 bits per heavy atom. The molecule has 6 heteroatoms. The predicted octanol–water partition coefficient (Wildman–Crippen LogP) is 1.78. The van der Waals surface area contributed by atoms with Crippen LogP contribution in [0.2, 0.25) is 0 Å². The summed E-state index contributed by atoms with van der Waals surface area (Å²) in [7, 11) is 3.15. The van der Waals surface area contributed by atoms with Crippen LogP contribution in [0.25, 0.3) is 0 Å². The summed E-state index contributed by atoms with van der Waals surface area (Å²) >= 11 is 4.71. The quantitative estimate of drug-likeness (QED) is 0.799. The monoisotopic (exact) mass is 248 g/mol. The minimum Gasteiger partial charge on any atom is -0.493 e. The van der Waals surface area contributed by atoms with E-state index in [0.717, 1.165) is 5.69 Å². The molecule has 1 aromatic carbocycles. The van der Waals surface area contributed by atoms with Gasteiger partial charge in [-0.2, -0.15) is 0 Å². The van der Waals surface area contributed by atoms with Crippen LogP contribution < -0.4 is 20.5 Å². The van der Waals surface area contributed by atoms with Gasteiger partial charge in [0.2, 0.25) is 0 Å². The summed E-state index contributed by atoms with van der Waals surface area (Å²) in [5.74, 6) is 1.30. The SMILES string of the molecule is COc1ccc(NC(N)=S)cc1OC.Cl. The highest BCUT2D eigenvalue weighted by molar-refractivity contribution is 7.80. The van der Waals surface area contributed by atoms with Crippen LogP contribution in [0.1, 0.15) is 0 Å². The molecule has 1 aromatic rings. The Balaban J connectivity index is 0.00000196. The van der Waals surface area contributed by atoms with Gasteiger partial charge in [0.25, 0.3) is 0 Å². The minimum atomic E-state index is 0. The van der Waals surface area contributed by atoms with E-state index < -0.39 is 0 Å². The van der Waals surface area contributed by atoms with Crippen LogP contribution in [0.4, 0.5) is 5.69 Å². The largest absolute Gasteiger partial charge is 0.493 e. The Hall–Kier alpha value is -1.20. The molecule has 0 unspecified atom stereocenters. The summed E-state index contributed by atoms with van der Waals surface area (Å²) in [6.07, 6.45) is 0. The van der Waals surface area contributed by atoms with E-state index in [2.05, 4.69) is 5.32 Å². The molecule has 0 atom stereocenters. The fourth-order valence-electron chi connectivity index (χ4n) is 1.06. The van der Waals surface area contributed by atoms with Crippen molar-refractivity contribution in [2.75, 3.05) is 19.5 Å². The van der Waals surface area contributed by atoms with Crippen molar-refractivity contribution in [1.82, 2.24) is 0 Å². The van der Waals surface area contributed by atoms with Gasteiger partial charge in [-0.3, -0.25) is 0 Å². The number of benzene rings is 1. The highest BCUT2D eigenvalue weighted by Crippen LogP contribution is 2.29. The fraction of sp³-hybridized carbons (Fsp3) is 0.222. The summed E-state index contributed by atoms with van der Waals surface area (Å²) < 4.78 is 10.2. The highest BCUT2D eigenvalue weighted by Gasteiger charge is 2.03. The average Bonchev–Trinajstić information content (AvgIpc) is 2.16. The second kappa shape index (κ2) is 6.31. The number of nitrogens with two attached hydrogens (primary N) is 1. The molecule has 0 aliphatic rings. The summed E-state index contributed by atoms with van der Waals surface area (Å²) in [6, 6.07) is 5.35. The summed E-state index contributed by atoms with van der Waals surface area (Å²) in [5, 5.41) is 3.02. The third-order valence-corrected chi connectivity index (χ3v) is 1.75. The van der Waals surface area contributed by atoms with Crippen LogP contribution in [0.3, 0.4) is 0 Å². The Morgan fingerprint density at radius 3 is 2.33 bits per heavy atom. The number of methoxy groups -OCH3 is 2. The third kappa shape index (κ3) is 3.81. The van der Waals surface area contributed by atoms with Gasteiger partial charge in [-0.1, -0.05) is 0 Å². The lowest BCUT2D eigenvalue weighted by molar-refractivity contribution is 0.355. The summed E-state index contributed by atoms with van der Waals surface area (Å²) in [4.78, 5) is 0. The molecular formula is C9H13ClN2O2S. The molecule has 0 radical (unpaired) electrons. The van der Waals surface area contributed by atoms with Gasteiger partial charge in [-0.05, 0) is 24.4 Å². The summed E-state index contributed by atoms with van der Waals surface area (Å²) in [5.41, 5.74) is 6.11. The molecule has 0 amide bonds. The Bertz CT molecular complexity index is 347. The first-order chi connectivity index (χ1) is 6.67. The molecule has 4 nitrogen and oxygen atoms in total. The Morgan fingerprint density at radius 2 is 1.87 bits per heavy atom. The number of hydrogen-bond acceptors (Lipinski definition) is 3. The molecule has 0 aromatic heterocycles. The molecule has 15 heavy (non-hydrogen) atoms. The van der Waals surface area contributed by atoms with Crippen LogP contribution in [0.15, 0.2) is 18.2 Å². The normalized spacial score (nSPS) is 8.67. The Labute approximate surface area is 100 Å². The highest BCUT2D eigenvalue weighted by atomic mass is 35.5. The molecule has 84 valence electrons. The molecule has 0 bridgehead atoms. The molecule has 0 heterocycles. The number of hydrogen-bond donors (Lipinski definition) is 2. The maximum absolute atomic E-state index is 5.33. The van der Waals surface area contributed by atoms with Crippen LogP contribution in [-0.4, -0.2) is 19.3 Å². The van der Waals surface area contributed by atoms with E-state index in [1.807, 2.05) is 0 Å².